The fraction of sp³-hybridized carbons (Fsp3) is 0.672. The number of fused-ring (bicyclic) bond motifs is 2. The molecule has 4 heterocycles. The number of allylic oxidation sites excluding steroid dienone is 5. The number of phenols is 1. The van der Waals surface area contributed by atoms with Gasteiger partial charge >= 0.3 is 5.97 Å². The molecule has 79 heavy (non-hydrogen) atoms. The molecule has 4 aliphatic rings. The smallest absolute Gasteiger partial charge is 0.325 e. The Bertz CT molecular complexity index is 2370. The Labute approximate surface area is 468 Å². The lowest BCUT2D eigenvalue weighted by Gasteiger charge is -2.60. The van der Waals surface area contributed by atoms with Crippen molar-refractivity contribution in [2.24, 2.45) is 47.3 Å². The van der Waals surface area contributed by atoms with Gasteiger partial charge in [-0.15, -0.1) is 0 Å². The minimum Gasteiger partial charge on any atom is -0.508 e. The summed E-state index contributed by atoms with van der Waals surface area (Å²) in [6.45, 7) is 18.4. The third-order valence-electron chi connectivity index (χ3n) is 17.3. The highest BCUT2D eigenvalue weighted by molar-refractivity contribution is 5.93. The number of esters is 1. The molecule has 1 aromatic rings. The molecule has 0 aromatic heterocycles. The summed E-state index contributed by atoms with van der Waals surface area (Å²) in [5, 5.41) is 63.1. The second-order valence-corrected chi connectivity index (χ2v) is 23.5. The van der Waals surface area contributed by atoms with Crippen molar-refractivity contribution in [3.8, 4) is 5.75 Å². The molecule has 4 aliphatic heterocycles. The van der Waals surface area contributed by atoms with Gasteiger partial charge in [-0.25, -0.2) is 5.43 Å². The van der Waals surface area contributed by atoms with E-state index in [1.165, 1.54) is 30.1 Å². The SMILES string of the molecule is CC[C@H]1C[C@H](C)[C@]2(O[C@@H](C[C@H](O)[C@@H](C)CCC=CC=C(C)[C@@H]3CC=CC=C[C@@H](O)[C@H](C)[C@@H](O)[C@@H](CCC(C)=O)C(=O)N[C@@H](C(C)C)C(=O)N[C@@H](Cc4cccc(O)c4)C(=O)N4CCC[C@H](N4)C(=O)O3)[C@H](C)[C@H](O)[C@@H]2C)N(C)C1=O. The predicted molar refractivity (Wildman–Crippen MR) is 300 cm³/mol. The number of carbonyl (C=O) groups is 6. The number of amides is 4. The zero-order chi connectivity index (χ0) is 58.5. The van der Waals surface area contributed by atoms with Crippen molar-refractivity contribution >= 4 is 35.4 Å². The minimum atomic E-state index is -1.43. The summed E-state index contributed by atoms with van der Waals surface area (Å²) < 4.78 is 13.1. The van der Waals surface area contributed by atoms with Gasteiger partial charge in [0.2, 0.25) is 17.7 Å². The number of benzene rings is 1. The van der Waals surface area contributed by atoms with E-state index in [0.29, 0.717) is 49.7 Å². The maximum absolute atomic E-state index is 14.5. The maximum atomic E-state index is 14.5. The lowest BCUT2D eigenvalue weighted by atomic mass is 9.68. The van der Waals surface area contributed by atoms with E-state index in [-0.39, 0.29) is 79.3 Å². The molecule has 3 saturated heterocycles. The van der Waals surface area contributed by atoms with E-state index >= 15 is 0 Å². The number of nitrogens with zero attached hydrogens (tertiary/aromatic N) is 2. The molecule has 1 spiro atoms. The first-order chi connectivity index (χ1) is 37.3. The van der Waals surface area contributed by atoms with Crippen molar-refractivity contribution in [2.75, 3.05) is 13.6 Å². The van der Waals surface area contributed by atoms with Gasteiger partial charge in [0.15, 0.2) is 5.72 Å². The molecule has 0 saturated carbocycles. The summed E-state index contributed by atoms with van der Waals surface area (Å²) in [5.74, 6) is -6.20. The summed E-state index contributed by atoms with van der Waals surface area (Å²) in [5.41, 5.74) is 3.31. The monoisotopic (exact) mass is 1100 g/mol. The summed E-state index contributed by atoms with van der Waals surface area (Å²) in [4.78, 5) is 84.3. The van der Waals surface area contributed by atoms with Crippen LogP contribution in [-0.2, 0) is 44.7 Å². The van der Waals surface area contributed by atoms with E-state index in [0.717, 1.165) is 6.42 Å². The van der Waals surface area contributed by atoms with Gasteiger partial charge in [-0.3, -0.25) is 29.0 Å². The molecule has 18 heteroatoms. The molecule has 5 rings (SSSR count). The zero-order valence-electron chi connectivity index (χ0n) is 48.5. The highest BCUT2D eigenvalue weighted by Gasteiger charge is 2.60. The van der Waals surface area contributed by atoms with E-state index in [2.05, 4.69) is 23.0 Å². The van der Waals surface area contributed by atoms with Gasteiger partial charge in [-0.2, -0.15) is 0 Å². The zero-order valence-corrected chi connectivity index (χ0v) is 48.5. The number of cyclic esters (lactones) is 1. The topological polar surface area (TPSA) is 265 Å². The van der Waals surface area contributed by atoms with E-state index in [1.807, 2.05) is 52.8 Å². The third-order valence-corrected chi connectivity index (χ3v) is 17.3. The molecule has 8 N–H and O–H groups in total. The number of likely N-dealkylation sites (tertiary alicyclic amines) is 1. The van der Waals surface area contributed by atoms with Crippen LogP contribution in [-0.4, -0.2) is 145 Å². The minimum absolute atomic E-state index is 0.0115. The molecule has 17 atom stereocenters. The number of hydrogen-bond donors (Lipinski definition) is 8. The number of phenolic OH excluding ortho intramolecular Hbond substituents is 1. The van der Waals surface area contributed by atoms with Crippen LogP contribution in [0, 0.1) is 47.3 Å². The number of nitrogens with one attached hydrogen (secondary N) is 3. The number of ether oxygens (including phenoxy) is 2. The first kappa shape index (κ1) is 64.6. The van der Waals surface area contributed by atoms with Crippen molar-refractivity contribution < 1.29 is 63.8 Å². The number of hydrazine groups is 1. The summed E-state index contributed by atoms with van der Waals surface area (Å²) in [7, 11) is 1.78. The van der Waals surface area contributed by atoms with E-state index in [4.69, 9.17) is 9.47 Å². The van der Waals surface area contributed by atoms with Crippen LogP contribution in [0.2, 0.25) is 0 Å². The van der Waals surface area contributed by atoms with Crippen LogP contribution in [0.1, 0.15) is 139 Å². The number of rotatable bonds is 15. The molecule has 3 fully saturated rings. The molecule has 1 aromatic carbocycles. The first-order valence-corrected chi connectivity index (χ1v) is 28.8. The first-order valence-electron chi connectivity index (χ1n) is 28.8. The van der Waals surface area contributed by atoms with Gasteiger partial charge in [-0.05, 0) is 93.9 Å². The van der Waals surface area contributed by atoms with Crippen molar-refractivity contribution in [3.63, 3.8) is 0 Å². The van der Waals surface area contributed by atoms with Crippen LogP contribution < -0.4 is 16.1 Å². The van der Waals surface area contributed by atoms with E-state index < -0.39 is 102 Å². The molecule has 4 amide bonds. The average Bonchev–Trinajstić information content (AvgIpc) is 3.46. The molecule has 18 nitrogen and oxygen atoms in total. The fourth-order valence-corrected chi connectivity index (χ4v) is 11.9. The fourth-order valence-electron chi connectivity index (χ4n) is 11.9. The average molecular weight is 1100 g/mol. The van der Waals surface area contributed by atoms with Crippen LogP contribution in [0.5, 0.6) is 5.75 Å². The number of Topliss-reactive ketones (excluding diaryl/α,β-unsaturated/α-hetero) is 1. The standard InChI is InChI=1S/C61H93N5O13/c1-12-44-31-38(6)61(65(11)58(44)75)42(10)54(71)41(9)52(79-61)34-50(70)36(4)21-15-13-16-22-37(5)51-27-18-14-17-26-49(69)40(8)55(72)46(29-28-39(7)67)56(73)63-53(35(2)3)57(74)62-48(33-43-23-19-24-45(68)32-43)59(76)66-30-20-25-47(64-66)60(77)78-51/h13-14,16-19,22-24,26,32,35-36,38,40-42,44,46-55,64,68-72H,12,15,20-21,25,27-31,33-34H2,1-11H3,(H,62,74)(H,63,73)/t36-,38-,40-,41-,42-,44-,46+,47-,48-,49+,50-,51-,52-,53-,54-,55+,61+/m0/s1. The number of carbonyl (C=O) groups excluding carboxylic acids is 6. The number of hydrogen-bond acceptors (Lipinski definition) is 14. The van der Waals surface area contributed by atoms with E-state index in [1.54, 1.807) is 63.1 Å². The van der Waals surface area contributed by atoms with Crippen molar-refractivity contribution in [3.05, 3.63) is 77.9 Å². The van der Waals surface area contributed by atoms with Crippen LogP contribution in [0.4, 0.5) is 0 Å². The Kier molecular flexibility index (Phi) is 24.1. The summed E-state index contributed by atoms with van der Waals surface area (Å²) >= 11 is 0. The number of ketones is 1. The Morgan fingerprint density at radius 1 is 0.949 bits per heavy atom. The van der Waals surface area contributed by atoms with Gasteiger partial charge in [0.05, 0.1) is 36.4 Å². The normalized spacial score (nSPS) is 34.0. The molecule has 2 bridgehead atoms. The number of piperidine rings is 1. The van der Waals surface area contributed by atoms with Gasteiger partial charge in [-0.1, -0.05) is 110 Å². The van der Waals surface area contributed by atoms with Crippen LogP contribution in [0.3, 0.4) is 0 Å². The molecule has 440 valence electrons. The Hall–Kier alpha value is -5.24. The highest BCUT2D eigenvalue weighted by atomic mass is 16.5. The van der Waals surface area contributed by atoms with Gasteiger partial charge in [0.25, 0.3) is 5.91 Å². The maximum Gasteiger partial charge on any atom is 0.325 e. The van der Waals surface area contributed by atoms with Gasteiger partial charge in [0, 0.05) is 68.9 Å². The second-order valence-electron chi connectivity index (χ2n) is 23.5. The number of aromatic hydroxyl groups is 1. The van der Waals surface area contributed by atoms with Crippen LogP contribution in [0.15, 0.2) is 72.4 Å². The quantitative estimate of drug-likeness (QED) is 0.0769. The lowest BCUT2D eigenvalue weighted by molar-refractivity contribution is -0.306. The molecule has 0 aliphatic carbocycles. The van der Waals surface area contributed by atoms with Crippen LogP contribution >= 0.6 is 0 Å². The molecular weight excluding hydrogens is 1010 g/mol. The Balaban J connectivity index is 1.35. The van der Waals surface area contributed by atoms with Crippen LogP contribution in [0.25, 0.3) is 0 Å². The van der Waals surface area contributed by atoms with Gasteiger partial charge in [0.1, 0.15) is 35.8 Å². The van der Waals surface area contributed by atoms with Crippen molar-refractivity contribution in [1.29, 1.82) is 0 Å². The summed E-state index contributed by atoms with van der Waals surface area (Å²) in [6, 6.07) is 2.90. The molecule has 0 unspecified atom stereocenters. The van der Waals surface area contributed by atoms with Crippen molar-refractivity contribution in [2.45, 2.75) is 200 Å². The Morgan fingerprint density at radius 3 is 2.34 bits per heavy atom. The number of aliphatic hydroxyl groups is 4. The van der Waals surface area contributed by atoms with Gasteiger partial charge < -0.3 is 55.3 Å². The predicted octanol–water partition coefficient (Wildman–Crippen LogP) is 5.75. The summed E-state index contributed by atoms with van der Waals surface area (Å²) in [6.07, 6.45) is 10.7. The molecular formula is C61H93N5O13. The second kappa shape index (κ2) is 29.5. The van der Waals surface area contributed by atoms with E-state index in [9.17, 15) is 54.3 Å². The Morgan fingerprint density at radius 2 is 1.67 bits per heavy atom. The van der Waals surface area contributed by atoms with Crippen molar-refractivity contribution in [1.82, 2.24) is 26.0 Å². The molecule has 0 radical (unpaired) electrons. The number of aliphatic hydroxyl groups excluding tert-OH is 4. The largest absolute Gasteiger partial charge is 0.508 e. The lowest BCUT2D eigenvalue weighted by Crippen LogP contribution is -2.71. The highest BCUT2D eigenvalue weighted by Crippen LogP contribution is 2.50. The third kappa shape index (κ3) is 16.5.